The van der Waals surface area contributed by atoms with Crippen molar-refractivity contribution in [3.05, 3.63) is 76.1 Å². The number of nitrogens with one attached hydrogen (secondary N) is 2. The average Bonchev–Trinajstić information content (AvgIpc) is 2.80. The van der Waals surface area contributed by atoms with E-state index in [1.807, 2.05) is 26.0 Å². The van der Waals surface area contributed by atoms with Crippen molar-refractivity contribution in [3.8, 4) is 0 Å². The van der Waals surface area contributed by atoms with E-state index in [4.69, 9.17) is 9.47 Å². The first-order valence-corrected chi connectivity index (χ1v) is 14.5. The van der Waals surface area contributed by atoms with Gasteiger partial charge >= 0.3 is 11.9 Å². The Morgan fingerprint density at radius 1 is 0.850 bits per heavy atom. The molecule has 0 aromatic heterocycles. The maximum absolute atomic E-state index is 13.2. The molecule has 0 spiro atoms. The summed E-state index contributed by atoms with van der Waals surface area (Å²) in [6.07, 6.45) is 5.78. The van der Waals surface area contributed by atoms with Crippen LogP contribution in [-0.2, 0) is 31.9 Å². The highest BCUT2D eigenvalue weighted by Crippen LogP contribution is 2.30. The first-order valence-electron chi connectivity index (χ1n) is 14.5. The van der Waals surface area contributed by atoms with Gasteiger partial charge in [0.05, 0.1) is 0 Å². The minimum Gasteiger partial charge on any atom is -0.419 e. The first-order chi connectivity index (χ1) is 18.6. The van der Waals surface area contributed by atoms with Gasteiger partial charge in [0.1, 0.15) is 5.82 Å². The molecule has 0 bridgehead atoms. The fourth-order valence-electron chi connectivity index (χ4n) is 5.20. The fraction of sp³-hybridized carbons (Fsp3) is 0.529. The van der Waals surface area contributed by atoms with E-state index >= 15 is 0 Å². The molecule has 0 amide bonds. The molecule has 2 N–H and O–H groups in total. The molecule has 218 valence electrons. The zero-order valence-electron chi connectivity index (χ0n) is 25.9. The van der Waals surface area contributed by atoms with Crippen molar-refractivity contribution in [3.63, 3.8) is 0 Å². The highest BCUT2D eigenvalue weighted by atomic mass is 16.7. The number of hydrogen-bond acceptors (Lipinski definition) is 6. The normalized spacial score (nSPS) is 16.6. The zero-order chi connectivity index (χ0) is 29.7. The number of rotatable bonds is 11. The molecule has 6 heteroatoms. The average molecular weight is 549 g/mol. The number of aryl methyl sites for hydroxylation is 2. The predicted molar refractivity (Wildman–Crippen MR) is 162 cm³/mol. The second kappa shape index (κ2) is 12.5. The van der Waals surface area contributed by atoms with Gasteiger partial charge in [-0.15, -0.1) is 0 Å². The van der Waals surface area contributed by atoms with E-state index in [0.29, 0.717) is 12.2 Å². The molecule has 40 heavy (non-hydrogen) atoms. The molecule has 1 heterocycles. The molecule has 1 aliphatic heterocycles. The van der Waals surface area contributed by atoms with Crippen molar-refractivity contribution in [1.82, 2.24) is 5.32 Å². The van der Waals surface area contributed by atoms with Gasteiger partial charge in [-0.3, -0.25) is 0 Å². The minimum absolute atomic E-state index is 0.151. The van der Waals surface area contributed by atoms with E-state index in [2.05, 4.69) is 75.6 Å². The van der Waals surface area contributed by atoms with E-state index in [1.165, 1.54) is 11.1 Å². The smallest absolute Gasteiger partial charge is 0.352 e. The Labute approximate surface area is 240 Å². The summed E-state index contributed by atoms with van der Waals surface area (Å²) in [5.74, 6) is -2.42. The summed E-state index contributed by atoms with van der Waals surface area (Å²) in [5.41, 5.74) is 5.04. The third-order valence-corrected chi connectivity index (χ3v) is 7.09. The molecular weight excluding hydrogens is 500 g/mol. The van der Waals surface area contributed by atoms with Crippen molar-refractivity contribution in [2.75, 3.05) is 5.32 Å². The maximum Gasteiger partial charge on any atom is 0.352 e. The second-order valence-corrected chi connectivity index (χ2v) is 13.2. The highest BCUT2D eigenvalue weighted by molar-refractivity contribution is 6.16. The number of unbranched alkanes of at least 4 members (excludes halogenated alkanes) is 2. The Hall–Kier alpha value is -3.28. The van der Waals surface area contributed by atoms with Gasteiger partial charge in [-0.2, -0.15) is 0 Å². The number of ether oxygens (including phenoxy) is 2. The summed E-state index contributed by atoms with van der Waals surface area (Å²) in [4.78, 5) is 26.4. The van der Waals surface area contributed by atoms with Crippen LogP contribution in [0.2, 0.25) is 0 Å². The van der Waals surface area contributed by atoms with Gasteiger partial charge in [-0.05, 0) is 68.2 Å². The predicted octanol–water partition coefficient (Wildman–Crippen LogP) is 7.52. The van der Waals surface area contributed by atoms with Crippen LogP contribution in [0.3, 0.4) is 0 Å². The third-order valence-electron chi connectivity index (χ3n) is 7.09. The molecule has 3 rings (SSSR count). The fourth-order valence-corrected chi connectivity index (χ4v) is 5.20. The van der Waals surface area contributed by atoms with Gasteiger partial charge < -0.3 is 20.1 Å². The van der Waals surface area contributed by atoms with Gasteiger partial charge in [0.15, 0.2) is 5.57 Å². The summed E-state index contributed by atoms with van der Waals surface area (Å²) in [5, 5.41) is 6.97. The summed E-state index contributed by atoms with van der Waals surface area (Å²) in [7, 11) is 0. The molecular formula is C34H48N2O4. The standard InChI is InChI=1S/C34H48N2O4/c1-10-11-12-19-34(9,22-26-16-14-25(15-17-26)21-32(4,5)6)36-29(35-27-18-13-23(2)20-24(27)3)28-30(37)39-33(7,8)40-31(28)38/h13-18,20,35-36H,10-12,19,21-22H2,1-9H3. The summed E-state index contributed by atoms with van der Waals surface area (Å²) >= 11 is 0. The van der Waals surface area contributed by atoms with E-state index in [1.54, 1.807) is 13.8 Å². The van der Waals surface area contributed by atoms with Crippen LogP contribution >= 0.6 is 0 Å². The number of benzene rings is 2. The minimum atomic E-state index is -1.32. The summed E-state index contributed by atoms with van der Waals surface area (Å²) in [6.45, 7) is 18.2. The van der Waals surface area contributed by atoms with Crippen LogP contribution < -0.4 is 10.6 Å². The van der Waals surface area contributed by atoms with E-state index < -0.39 is 23.3 Å². The van der Waals surface area contributed by atoms with Crippen LogP contribution in [0.25, 0.3) is 0 Å². The summed E-state index contributed by atoms with van der Waals surface area (Å²) < 4.78 is 11.0. The largest absolute Gasteiger partial charge is 0.419 e. The van der Waals surface area contributed by atoms with Gasteiger partial charge in [-0.1, -0.05) is 88.9 Å². The molecule has 2 aromatic rings. The quantitative estimate of drug-likeness (QED) is 0.131. The van der Waals surface area contributed by atoms with Crippen LogP contribution in [0.4, 0.5) is 5.69 Å². The third kappa shape index (κ3) is 8.87. The topological polar surface area (TPSA) is 76.7 Å². The van der Waals surface area contributed by atoms with E-state index in [0.717, 1.165) is 48.9 Å². The maximum atomic E-state index is 13.2. The van der Waals surface area contributed by atoms with Gasteiger partial charge in [-0.25, -0.2) is 9.59 Å². The van der Waals surface area contributed by atoms with Gasteiger partial charge in [0.2, 0.25) is 0 Å². The number of esters is 2. The lowest BCUT2D eigenvalue weighted by Crippen LogP contribution is -2.49. The molecule has 0 radical (unpaired) electrons. The molecule has 6 nitrogen and oxygen atoms in total. The van der Waals surface area contributed by atoms with E-state index in [9.17, 15) is 9.59 Å². The van der Waals surface area contributed by atoms with Crippen LogP contribution in [0.5, 0.6) is 0 Å². The number of carbonyl (C=O) groups is 2. The Kier molecular flexibility index (Phi) is 9.76. The summed E-state index contributed by atoms with van der Waals surface area (Å²) in [6, 6.07) is 14.8. The van der Waals surface area contributed by atoms with Crippen LogP contribution in [-0.4, -0.2) is 23.3 Å². The second-order valence-electron chi connectivity index (χ2n) is 13.2. The lowest BCUT2D eigenvalue weighted by Gasteiger charge is -2.36. The monoisotopic (exact) mass is 548 g/mol. The zero-order valence-corrected chi connectivity index (χ0v) is 25.9. The Balaban J connectivity index is 2.01. The Morgan fingerprint density at radius 3 is 1.95 bits per heavy atom. The van der Waals surface area contributed by atoms with Crippen molar-refractivity contribution < 1.29 is 19.1 Å². The number of cyclic esters (lactones) is 2. The number of carbonyl (C=O) groups excluding carboxylic acids is 2. The lowest BCUT2D eigenvalue weighted by molar-refractivity contribution is -0.222. The molecule has 1 saturated heterocycles. The van der Waals surface area contributed by atoms with Crippen LogP contribution in [0.1, 0.15) is 96.4 Å². The Bertz CT molecular complexity index is 1220. The van der Waals surface area contributed by atoms with Crippen molar-refractivity contribution >= 4 is 17.6 Å². The van der Waals surface area contributed by atoms with Crippen LogP contribution in [0.15, 0.2) is 53.9 Å². The van der Waals surface area contributed by atoms with Gasteiger partial charge in [0.25, 0.3) is 5.79 Å². The number of anilines is 1. The number of hydrogen-bond donors (Lipinski definition) is 2. The lowest BCUT2D eigenvalue weighted by atomic mass is 9.85. The highest BCUT2D eigenvalue weighted by Gasteiger charge is 2.42. The molecule has 1 atom stereocenters. The van der Waals surface area contributed by atoms with Crippen molar-refractivity contribution in [2.45, 2.75) is 112 Å². The first kappa shape index (κ1) is 31.3. The molecule has 0 saturated carbocycles. The Morgan fingerprint density at radius 2 is 1.43 bits per heavy atom. The van der Waals surface area contributed by atoms with Crippen molar-refractivity contribution in [1.29, 1.82) is 0 Å². The SMILES string of the molecule is CCCCCC(C)(Cc1ccc(CC(C)(C)C)cc1)NC(Nc1ccc(C)cc1C)=C1C(=O)OC(C)(C)OC1=O. The molecule has 0 aliphatic carbocycles. The van der Waals surface area contributed by atoms with Crippen LogP contribution in [0, 0.1) is 19.3 Å². The van der Waals surface area contributed by atoms with E-state index in [-0.39, 0.29) is 11.0 Å². The van der Waals surface area contributed by atoms with Crippen molar-refractivity contribution in [2.24, 2.45) is 5.41 Å². The molecule has 1 unspecified atom stereocenters. The molecule has 2 aromatic carbocycles. The molecule has 1 aliphatic rings. The molecule has 1 fully saturated rings. The van der Waals surface area contributed by atoms with Gasteiger partial charge in [0, 0.05) is 25.1 Å².